The number of ether oxygens (including phenoxy) is 3. The molecule has 0 bridgehead atoms. The van der Waals surface area contributed by atoms with Crippen molar-refractivity contribution in [3.05, 3.63) is 11.4 Å². The predicted octanol–water partition coefficient (Wildman–Crippen LogP) is -1.14. The van der Waals surface area contributed by atoms with Crippen molar-refractivity contribution in [2.75, 3.05) is 33.0 Å². The highest BCUT2D eigenvalue weighted by atomic mass is 16.6. The van der Waals surface area contributed by atoms with Gasteiger partial charge in [-0.25, -0.2) is 4.79 Å². The molecule has 0 aromatic rings. The van der Waals surface area contributed by atoms with Crippen LogP contribution in [0.4, 0.5) is 0 Å². The number of hydrogen-bond donors (Lipinski definition) is 2. The maximum Gasteiger partial charge on any atom is 0.332 e. The quantitative estimate of drug-likeness (QED) is 0.324. The first-order valence-electron chi connectivity index (χ1n) is 7.12. The summed E-state index contributed by atoms with van der Waals surface area (Å²) in [5, 5.41) is 0. The second kappa shape index (κ2) is 7.93. The van der Waals surface area contributed by atoms with Crippen LogP contribution in [-0.2, 0) is 28.6 Å². The molecule has 0 radical (unpaired) electrons. The van der Waals surface area contributed by atoms with Crippen molar-refractivity contribution in [2.45, 2.75) is 26.4 Å². The number of nitrogens with zero attached hydrogens (tertiary/aromatic N) is 1. The summed E-state index contributed by atoms with van der Waals surface area (Å²) in [6.07, 6.45) is 0. The maximum atomic E-state index is 11.6. The molecule has 0 saturated heterocycles. The number of carbonyl (C=O) groups excluding carboxylic acids is 3. The van der Waals surface area contributed by atoms with Crippen LogP contribution in [0.5, 0.6) is 0 Å². The largest absolute Gasteiger partial charge is 0.458 e. The zero-order chi connectivity index (χ0) is 17.6. The molecule has 0 fully saturated rings. The van der Waals surface area contributed by atoms with E-state index < -0.39 is 23.4 Å². The molecule has 0 spiro atoms. The van der Waals surface area contributed by atoms with Crippen molar-refractivity contribution in [2.24, 2.45) is 11.5 Å². The van der Waals surface area contributed by atoms with Crippen LogP contribution < -0.4 is 11.5 Å². The second-order valence-electron chi connectivity index (χ2n) is 5.84. The van der Waals surface area contributed by atoms with Crippen LogP contribution in [0.2, 0.25) is 0 Å². The number of carbonyl (C=O) groups is 3. The molecule has 0 atom stereocenters. The van der Waals surface area contributed by atoms with Gasteiger partial charge in [-0.1, -0.05) is 0 Å². The van der Waals surface area contributed by atoms with Crippen LogP contribution in [0.15, 0.2) is 11.4 Å². The number of imide groups is 1. The lowest BCUT2D eigenvalue weighted by atomic mass is 10.2. The zero-order valence-electron chi connectivity index (χ0n) is 13.6. The van der Waals surface area contributed by atoms with Crippen LogP contribution in [0, 0.1) is 0 Å². The maximum absolute atomic E-state index is 11.6. The highest BCUT2D eigenvalue weighted by Crippen LogP contribution is 2.12. The third kappa shape index (κ3) is 5.87. The Balaban J connectivity index is 2.10. The van der Waals surface area contributed by atoms with Gasteiger partial charge in [-0.15, -0.1) is 0 Å². The minimum Gasteiger partial charge on any atom is -0.458 e. The SMILES string of the molecule is CC(C)(C)OC(=O)COCCOCCN1C(=O)C(N)=C(N)C1=O. The molecule has 0 unspecified atom stereocenters. The van der Waals surface area contributed by atoms with Crippen molar-refractivity contribution in [3.8, 4) is 0 Å². The Morgan fingerprint density at radius 2 is 1.52 bits per heavy atom. The fraction of sp³-hybridized carbons (Fsp3) is 0.643. The van der Waals surface area contributed by atoms with E-state index in [2.05, 4.69) is 0 Å². The van der Waals surface area contributed by atoms with E-state index in [1.165, 1.54) is 0 Å². The first kappa shape index (κ1) is 18.9. The summed E-state index contributed by atoms with van der Waals surface area (Å²) >= 11 is 0. The average molecular weight is 329 g/mol. The number of esters is 1. The summed E-state index contributed by atoms with van der Waals surface area (Å²) in [5.41, 5.74) is 9.73. The Bertz CT molecular complexity index is 485. The predicted molar refractivity (Wildman–Crippen MR) is 79.6 cm³/mol. The van der Waals surface area contributed by atoms with E-state index in [1.54, 1.807) is 20.8 Å². The minimum absolute atomic E-state index is 0.0468. The molecule has 0 aromatic heterocycles. The summed E-state index contributed by atoms with van der Waals surface area (Å²) in [5.74, 6) is -1.68. The summed E-state index contributed by atoms with van der Waals surface area (Å²) < 4.78 is 15.4. The van der Waals surface area contributed by atoms with Gasteiger partial charge in [0, 0.05) is 0 Å². The molecule has 2 amide bonds. The molecule has 0 saturated carbocycles. The highest BCUT2D eigenvalue weighted by Gasteiger charge is 2.34. The van der Waals surface area contributed by atoms with Gasteiger partial charge in [0.2, 0.25) is 0 Å². The van der Waals surface area contributed by atoms with E-state index in [1.807, 2.05) is 0 Å². The van der Waals surface area contributed by atoms with Crippen LogP contribution in [0.1, 0.15) is 20.8 Å². The van der Waals surface area contributed by atoms with Crippen LogP contribution in [0.25, 0.3) is 0 Å². The molecule has 1 aliphatic heterocycles. The lowest BCUT2D eigenvalue weighted by Gasteiger charge is -2.19. The van der Waals surface area contributed by atoms with E-state index in [9.17, 15) is 14.4 Å². The lowest BCUT2D eigenvalue weighted by Crippen LogP contribution is -2.36. The Morgan fingerprint density at radius 3 is 2.04 bits per heavy atom. The topological polar surface area (TPSA) is 134 Å². The number of nitrogens with two attached hydrogens (primary N) is 2. The lowest BCUT2D eigenvalue weighted by molar-refractivity contribution is -0.160. The standard InChI is InChI=1S/C14H23N3O6/c1-14(2,3)23-9(18)8-22-7-6-21-5-4-17-12(19)10(15)11(16)13(17)20/h4-8,15-16H2,1-3H3. The first-order chi connectivity index (χ1) is 10.6. The molecule has 0 aromatic carbocycles. The van der Waals surface area contributed by atoms with E-state index in [0.29, 0.717) is 0 Å². The molecule has 23 heavy (non-hydrogen) atoms. The Morgan fingerprint density at radius 1 is 1.00 bits per heavy atom. The average Bonchev–Trinajstić information content (AvgIpc) is 2.61. The summed E-state index contributed by atoms with van der Waals surface area (Å²) in [7, 11) is 0. The van der Waals surface area contributed by atoms with Gasteiger partial charge in [-0.05, 0) is 20.8 Å². The molecule has 1 rings (SSSR count). The molecule has 4 N–H and O–H groups in total. The summed E-state index contributed by atoms with van der Waals surface area (Å²) in [6, 6.07) is 0. The van der Waals surface area contributed by atoms with Gasteiger partial charge in [-0.2, -0.15) is 0 Å². The number of hydrogen-bond acceptors (Lipinski definition) is 8. The van der Waals surface area contributed by atoms with Gasteiger partial charge in [0.15, 0.2) is 0 Å². The van der Waals surface area contributed by atoms with E-state index in [4.69, 9.17) is 25.7 Å². The Labute approximate surface area is 134 Å². The van der Waals surface area contributed by atoms with Gasteiger partial charge >= 0.3 is 5.97 Å². The monoisotopic (exact) mass is 329 g/mol. The molecule has 1 heterocycles. The molecule has 1 aliphatic rings. The van der Waals surface area contributed by atoms with Gasteiger partial charge in [0.25, 0.3) is 11.8 Å². The van der Waals surface area contributed by atoms with Gasteiger partial charge in [-0.3, -0.25) is 14.5 Å². The highest BCUT2D eigenvalue weighted by molar-refractivity contribution is 6.18. The molecular weight excluding hydrogens is 306 g/mol. The second-order valence-corrected chi connectivity index (χ2v) is 5.84. The van der Waals surface area contributed by atoms with Crippen molar-refractivity contribution in [1.82, 2.24) is 4.90 Å². The molecular formula is C14H23N3O6. The van der Waals surface area contributed by atoms with Gasteiger partial charge in [0.05, 0.1) is 26.4 Å². The van der Waals surface area contributed by atoms with E-state index in [0.717, 1.165) is 4.90 Å². The van der Waals surface area contributed by atoms with Crippen molar-refractivity contribution < 1.29 is 28.6 Å². The van der Waals surface area contributed by atoms with Crippen LogP contribution >= 0.6 is 0 Å². The Hall–Kier alpha value is -2.13. The molecule has 0 aliphatic carbocycles. The van der Waals surface area contributed by atoms with Crippen LogP contribution in [0.3, 0.4) is 0 Å². The minimum atomic E-state index is -0.614. The van der Waals surface area contributed by atoms with Crippen molar-refractivity contribution in [1.29, 1.82) is 0 Å². The van der Waals surface area contributed by atoms with Crippen molar-refractivity contribution in [3.63, 3.8) is 0 Å². The zero-order valence-corrected chi connectivity index (χ0v) is 13.6. The van der Waals surface area contributed by atoms with Crippen molar-refractivity contribution >= 4 is 17.8 Å². The van der Waals surface area contributed by atoms with Crippen LogP contribution in [-0.4, -0.2) is 61.3 Å². The smallest absolute Gasteiger partial charge is 0.332 e. The first-order valence-corrected chi connectivity index (χ1v) is 7.12. The van der Waals surface area contributed by atoms with Gasteiger partial charge in [0.1, 0.15) is 23.6 Å². The number of rotatable bonds is 8. The molecule has 130 valence electrons. The fourth-order valence-corrected chi connectivity index (χ4v) is 1.72. The Kier molecular flexibility index (Phi) is 6.52. The van der Waals surface area contributed by atoms with E-state index >= 15 is 0 Å². The molecule has 9 nitrogen and oxygen atoms in total. The summed E-state index contributed by atoms with van der Waals surface area (Å²) in [6.45, 7) is 5.69. The fourth-order valence-electron chi connectivity index (χ4n) is 1.72. The molecule has 9 heteroatoms. The summed E-state index contributed by atoms with van der Waals surface area (Å²) in [4.78, 5) is 35.5. The third-order valence-electron chi connectivity index (χ3n) is 2.71. The van der Waals surface area contributed by atoms with E-state index in [-0.39, 0.29) is 44.4 Å². The third-order valence-corrected chi connectivity index (χ3v) is 2.71. The number of amides is 2. The van der Waals surface area contributed by atoms with Gasteiger partial charge < -0.3 is 25.7 Å². The normalized spacial score (nSPS) is 15.5.